The molecule has 0 saturated carbocycles. The molecule has 0 aliphatic carbocycles. The van der Waals surface area contributed by atoms with Gasteiger partial charge in [-0.1, -0.05) is 23.7 Å². The first-order valence-electron chi connectivity index (χ1n) is 8.75. The molecule has 2 N–H and O–H groups in total. The summed E-state index contributed by atoms with van der Waals surface area (Å²) < 4.78 is 18.3. The van der Waals surface area contributed by atoms with Gasteiger partial charge in [-0.3, -0.25) is 9.59 Å². The van der Waals surface area contributed by atoms with Gasteiger partial charge in [-0.2, -0.15) is 0 Å². The molecule has 1 atom stereocenters. The van der Waals surface area contributed by atoms with Crippen LogP contribution in [0.5, 0.6) is 0 Å². The third-order valence-corrected chi connectivity index (χ3v) is 5.12. The average molecular weight is 447 g/mol. The molecule has 0 aliphatic heterocycles. The van der Waals surface area contributed by atoms with Crippen LogP contribution in [0.15, 0.2) is 60.0 Å². The zero-order valence-electron chi connectivity index (χ0n) is 15.6. The van der Waals surface area contributed by atoms with Crippen LogP contribution in [0.2, 0.25) is 5.02 Å². The van der Waals surface area contributed by atoms with Crippen LogP contribution in [0.25, 0.3) is 0 Å². The van der Waals surface area contributed by atoms with Crippen molar-refractivity contribution in [2.75, 3.05) is 10.6 Å². The number of amides is 2. The van der Waals surface area contributed by atoms with Gasteiger partial charge in [0.05, 0.1) is 21.2 Å². The van der Waals surface area contributed by atoms with Gasteiger partial charge in [-0.15, -0.1) is 11.3 Å². The topological polar surface area (TPSA) is 84.5 Å². The molecule has 2 aromatic carbocycles. The summed E-state index contributed by atoms with van der Waals surface area (Å²) in [6.45, 7) is 1.40. The van der Waals surface area contributed by atoms with Crippen LogP contribution in [0.4, 0.5) is 15.8 Å². The molecule has 0 aliphatic rings. The SMILES string of the molecule is CC(OC(=O)c1cccc(NC(=O)c2cccs2)c1)C(=O)Nc1ccc(F)cc1Cl. The van der Waals surface area contributed by atoms with E-state index in [1.54, 1.807) is 29.6 Å². The van der Waals surface area contributed by atoms with Crippen LogP contribution < -0.4 is 10.6 Å². The minimum atomic E-state index is -1.14. The third-order valence-electron chi connectivity index (χ3n) is 3.94. The van der Waals surface area contributed by atoms with Crippen LogP contribution in [0.1, 0.15) is 27.0 Å². The highest BCUT2D eigenvalue weighted by molar-refractivity contribution is 7.12. The second-order valence-corrected chi connectivity index (χ2v) is 7.53. The van der Waals surface area contributed by atoms with Gasteiger partial charge in [0.2, 0.25) is 0 Å². The summed E-state index contributed by atoms with van der Waals surface area (Å²) >= 11 is 7.18. The number of halogens is 2. The Balaban J connectivity index is 1.62. The second-order valence-electron chi connectivity index (χ2n) is 6.17. The molecule has 6 nitrogen and oxygen atoms in total. The van der Waals surface area contributed by atoms with Crippen LogP contribution in [0, 0.1) is 5.82 Å². The van der Waals surface area contributed by atoms with E-state index in [0.717, 1.165) is 12.1 Å². The number of esters is 1. The Hall–Kier alpha value is -3.23. The summed E-state index contributed by atoms with van der Waals surface area (Å²) in [7, 11) is 0. The summed E-state index contributed by atoms with van der Waals surface area (Å²) in [5, 5.41) is 6.98. The Morgan fingerprint density at radius 2 is 1.87 bits per heavy atom. The Labute approximate surface area is 180 Å². The maximum absolute atomic E-state index is 13.1. The minimum Gasteiger partial charge on any atom is -0.449 e. The molecule has 3 aromatic rings. The molecule has 1 aromatic heterocycles. The van der Waals surface area contributed by atoms with E-state index in [4.69, 9.17) is 16.3 Å². The van der Waals surface area contributed by atoms with Crippen molar-refractivity contribution in [3.05, 3.63) is 81.3 Å². The first-order chi connectivity index (χ1) is 14.3. The van der Waals surface area contributed by atoms with Crippen LogP contribution in [-0.2, 0) is 9.53 Å². The van der Waals surface area contributed by atoms with Crippen LogP contribution >= 0.6 is 22.9 Å². The van der Waals surface area contributed by atoms with Crippen molar-refractivity contribution in [3.63, 3.8) is 0 Å². The van der Waals surface area contributed by atoms with Gasteiger partial charge in [0.25, 0.3) is 11.8 Å². The van der Waals surface area contributed by atoms with Gasteiger partial charge in [-0.25, -0.2) is 9.18 Å². The Morgan fingerprint density at radius 1 is 1.07 bits per heavy atom. The number of rotatable bonds is 6. The molecule has 0 radical (unpaired) electrons. The van der Waals surface area contributed by atoms with E-state index < -0.39 is 23.8 Å². The third kappa shape index (κ3) is 5.43. The number of hydrogen-bond donors (Lipinski definition) is 2. The fraction of sp³-hybridized carbons (Fsp3) is 0.0952. The fourth-order valence-electron chi connectivity index (χ4n) is 2.43. The standard InChI is InChI=1S/C21H16ClFN2O4S/c1-12(19(26)25-17-8-7-14(23)11-16(17)22)29-21(28)13-4-2-5-15(10-13)24-20(27)18-6-3-9-30-18/h2-12H,1H3,(H,24,27)(H,25,26). The van der Waals surface area contributed by atoms with E-state index in [9.17, 15) is 18.8 Å². The van der Waals surface area contributed by atoms with Gasteiger partial charge < -0.3 is 15.4 Å². The van der Waals surface area contributed by atoms with Crippen molar-refractivity contribution < 1.29 is 23.5 Å². The molecule has 0 saturated heterocycles. The van der Waals surface area contributed by atoms with E-state index in [2.05, 4.69) is 10.6 Å². The van der Waals surface area contributed by atoms with E-state index in [0.29, 0.717) is 10.6 Å². The predicted octanol–water partition coefficient (Wildman–Crippen LogP) is 4.98. The molecular formula is C21H16ClFN2O4S. The number of benzene rings is 2. The highest BCUT2D eigenvalue weighted by Gasteiger charge is 2.20. The van der Waals surface area contributed by atoms with Crippen LogP contribution in [-0.4, -0.2) is 23.9 Å². The molecule has 9 heteroatoms. The zero-order chi connectivity index (χ0) is 21.7. The van der Waals surface area contributed by atoms with Gasteiger partial charge >= 0.3 is 5.97 Å². The highest BCUT2D eigenvalue weighted by Crippen LogP contribution is 2.23. The van der Waals surface area contributed by atoms with Gasteiger partial charge in [-0.05, 0) is 54.8 Å². The van der Waals surface area contributed by atoms with Crippen molar-refractivity contribution in [3.8, 4) is 0 Å². The zero-order valence-corrected chi connectivity index (χ0v) is 17.2. The molecule has 0 bridgehead atoms. The summed E-state index contributed by atoms with van der Waals surface area (Å²) in [5.74, 6) is -2.20. The largest absolute Gasteiger partial charge is 0.449 e. The maximum atomic E-state index is 13.1. The quantitative estimate of drug-likeness (QED) is 0.523. The molecule has 2 amide bonds. The molecule has 1 unspecified atom stereocenters. The molecule has 1 heterocycles. The molecular weight excluding hydrogens is 431 g/mol. The van der Waals surface area contributed by atoms with E-state index in [-0.39, 0.29) is 22.2 Å². The molecule has 0 fully saturated rings. The Morgan fingerprint density at radius 3 is 2.57 bits per heavy atom. The summed E-state index contributed by atoms with van der Waals surface area (Å²) in [4.78, 5) is 37.3. The lowest BCUT2D eigenvalue weighted by atomic mass is 10.2. The smallest absolute Gasteiger partial charge is 0.338 e. The number of hydrogen-bond acceptors (Lipinski definition) is 5. The van der Waals surface area contributed by atoms with E-state index in [1.165, 1.54) is 36.5 Å². The molecule has 154 valence electrons. The summed E-state index contributed by atoms with van der Waals surface area (Å²) in [6, 6.07) is 13.1. The minimum absolute atomic E-state index is 0.0241. The van der Waals surface area contributed by atoms with Crippen LogP contribution in [0.3, 0.4) is 0 Å². The maximum Gasteiger partial charge on any atom is 0.338 e. The van der Waals surface area contributed by atoms with Gasteiger partial charge in [0.15, 0.2) is 6.10 Å². The summed E-state index contributed by atoms with van der Waals surface area (Å²) in [6.07, 6.45) is -1.14. The number of thiophene rings is 1. The van der Waals surface area contributed by atoms with E-state index in [1.807, 2.05) is 0 Å². The predicted molar refractivity (Wildman–Crippen MR) is 114 cm³/mol. The monoisotopic (exact) mass is 446 g/mol. The van der Waals surface area contributed by atoms with Crippen molar-refractivity contribution in [2.24, 2.45) is 0 Å². The highest BCUT2D eigenvalue weighted by atomic mass is 35.5. The van der Waals surface area contributed by atoms with E-state index >= 15 is 0 Å². The fourth-order valence-corrected chi connectivity index (χ4v) is 3.27. The summed E-state index contributed by atoms with van der Waals surface area (Å²) in [5.41, 5.74) is 0.778. The lowest BCUT2D eigenvalue weighted by Gasteiger charge is -2.14. The van der Waals surface area contributed by atoms with Gasteiger partial charge in [0, 0.05) is 5.69 Å². The van der Waals surface area contributed by atoms with Gasteiger partial charge in [0.1, 0.15) is 5.82 Å². The number of carbonyl (C=O) groups excluding carboxylic acids is 3. The average Bonchev–Trinajstić information content (AvgIpc) is 3.25. The first kappa shape index (κ1) is 21.5. The molecule has 30 heavy (non-hydrogen) atoms. The normalized spacial score (nSPS) is 11.4. The Kier molecular flexibility index (Phi) is 6.81. The lowest BCUT2D eigenvalue weighted by molar-refractivity contribution is -0.123. The number of ether oxygens (including phenoxy) is 1. The first-order valence-corrected chi connectivity index (χ1v) is 10.0. The second kappa shape index (κ2) is 9.51. The van der Waals surface area contributed by atoms with Crippen molar-refractivity contribution in [2.45, 2.75) is 13.0 Å². The number of carbonyl (C=O) groups is 3. The molecule has 0 spiro atoms. The van der Waals surface area contributed by atoms with Crippen molar-refractivity contribution >= 4 is 52.1 Å². The number of anilines is 2. The lowest BCUT2D eigenvalue weighted by Crippen LogP contribution is -2.30. The molecule has 3 rings (SSSR count). The number of nitrogens with one attached hydrogen (secondary N) is 2. The van der Waals surface area contributed by atoms with Crippen molar-refractivity contribution in [1.82, 2.24) is 0 Å². The van der Waals surface area contributed by atoms with Crippen molar-refractivity contribution in [1.29, 1.82) is 0 Å². The Bertz CT molecular complexity index is 1090.